The largest absolute Gasteiger partial charge is 0.486 e. The number of halogens is 1. The molecule has 0 amide bonds. The molecule has 1 N–H and O–H groups in total. The number of benzene rings is 3. The fraction of sp³-hybridized carbons (Fsp3) is 0.0435. The van der Waals surface area contributed by atoms with Crippen molar-refractivity contribution in [2.75, 3.05) is 5.43 Å². The van der Waals surface area contributed by atoms with Crippen molar-refractivity contribution in [1.82, 2.24) is 4.98 Å². The topological polar surface area (TPSA) is 46.5 Å². The Morgan fingerprint density at radius 3 is 2.52 bits per heavy atom. The minimum atomic E-state index is -0.361. The van der Waals surface area contributed by atoms with Crippen molar-refractivity contribution in [3.63, 3.8) is 0 Å². The fourth-order valence-corrected chi connectivity index (χ4v) is 3.32. The molecule has 3 aromatic carbocycles. The number of hydrogen-bond donors (Lipinski definition) is 1. The average Bonchev–Trinajstić information content (AvgIpc) is 3.24. The van der Waals surface area contributed by atoms with Gasteiger partial charge in [-0.25, -0.2) is 9.37 Å². The van der Waals surface area contributed by atoms with Crippen LogP contribution in [0, 0.1) is 5.82 Å². The van der Waals surface area contributed by atoms with Crippen LogP contribution < -0.4 is 10.2 Å². The Hall–Kier alpha value is -3.51. The van der Waals surface area contributed by atoms with Crippen molar-refractivity contribution < 1.29 is 9.13 Å². The Morgan fingerprint density at radius 1 is 0.966 bits per heavy atom. The number of nitrogens with zero attached hydrogens (tertiary/aromatic N) is 2. The van der Waals surface area contributed by atoms with Gasteiger partial charge < -0.3 is 4.74 Å². The van der Waals surface area contributed by atoms with Gasteiger partial charge in [-0.1, -0.05) is 66.7 Å². The van der Waals surface area contributed by atoms with Gasteiger partial charge in [-0.05, 0) is 23.3 Å². The molecule has 0 radical (unpaired) electrons. The summed E-state index contributed by atoms with van der Waals surface area (Å²) in [5.74, 6) is -0.111. The van der Waals surface area contributed by atoms with Gasteiger partial charge in [-0.2, -0.15) is 5.10 Å². The summed E-state index contributed by atoms with van der Waals surface area (Å²) in [6, 6.07) is 24.1. The van der Waals surface area contributed by atoms with Crippen LogP contribution in [-0.4, -0.2) is 11.2 Å². The van der Waals surface area contributed by atoms with Crippen molar-refractivity contribution in [3.8, 4) is 17.0 Å². The number of nitrogens with one attached hydrogen (secondary N) is 1. The Kier molecular flexibility index (Phi) is 5.92. The summed E-state index contributed by atoms with van der Waals surface area (Å²) in [4.78, 5) is 4.53. The smallest absolute Gasteiger partial charge is 0.203 e. The lowest BCUT2D eigenvalue weighted by molar-refractivity contribution is 0.290. The molecule has 4 aromatic rings. The zero-order valence-electron chi connectivity index (χ0n) is 15.5. The molecule has 1 heterocycles. The summed E-state index contributed by atoms with van der Waals surface area (Å²) < 4.78 is 19.1. The standard InChI is InChI=1S/C23H18FN3OS/c24-20-8-4-5-9-22(20)28-15-18-12-10-17(11-13-18)14-25-27-23-26-21(16-29-23)19-6-2-1-3-7-19/h1-14,16H,15H2,(H,26,27). The maximum Gasteiger partial charge on any atom is 0.203 e. The van der Waals surface area contributed by atoms with Crippen molar-refractivity contribution in [2.24, 2.45) is 5.10 Å². The van der Waals surface area contributed by atoms with Crippen molar-refractivity contribution in [2.45, 2.75) is 6.61 Å². The van der Waals surface area contributed by atoms with E-state index in [1.165, 1.54) is 17.4 Å². The Bertz CT molecular complexity index is 1090. The van der Waals surface area contributed by atoms with Crippen LogP contribution in [0.5, 0.6) is 5.75 Å². The average molecular weight is 403 g/mol. The highest BCUT2D eigenvalue weighted by atomic mass is 32.1. The predicted octanol–water partition coefficient (Wildman–Crippen LogP) is 5.97. The zero-order chi connectivity index (χ0) is 19.9. The minimum absolute atomic E-state index is 0.251. The van der Waals surface area contributed by atoms with Gasteiger partial charge in [-0.3, -0.25) is 5.43 Å². The molecule has 0 aliphatic rings. The van der Waals surface area contributed by atoms with E-state index in [1.807, 2.05) is 60.0 Å². The van der Waals surface area contributed by atoms with E-state index in [2.05, 4.69) is 15.5 Å². The number of ether oxygens (including phenoxy) is 1. The van der Waals surface area contributed by atoms with E-state index >= 15 is 0 Å². The van der Waals surface area contributed by atoms with Crippen molar-refractivity contribution in [1.29, 1.82) is 0 Å². The summed E-state index contributed by atoms with van der Waals surface area (Å²) >= 11 is 1.50. The van der Waals surface area contributed by atoms with Gasteiger partial charge >= 0.3 is 0 Å². The molecule has 4 nitrogen and oxygen atoms in total. The van der Waals surface area contributed by atoms with E-state index in [4.69, 9.17) is 4.74 Å². The van der Waals surface area contributed by atoms with Gasteiger partial charge in [0.25, 0.3) is 0 Å². The molecular formula is C23H18FN3OS. The van der Waals surface area contributed by atoms with Crippen molar-refractivity contribution in [3.05, 3.63) is 101 Å². The lowest BCUT2D eigenvalue weighted by atomic mass is 10.1. The quantitative estimate of drug-likeness (QED) is 0.305. The number of thiazole rings is 1. The summed E-state index contributed by atoms with van der Waals surface area (Å²) in [5, 5.41) is 6.97. The van der Waals surface area contributed by atoms with Crippen LogP contribution in [0.3, 0.4) is 0 Å². The third-order valence-electron chi connectivity index (χ3n) is 4.16. The Labute approximate surface area is 172 Å². The summed E-state index contributed by atoms with van der Waals surface area (Å²) in [6.45, 7) is 0.304. The summed E-state index contributed by atoms with van der Waals surface area (Å²) in [7, 11) is 0. The van der Waals surface area contributed by atoms with Crippen LogP contribution in [-0.2, 0) is 6.61 Å². The van der Waals surface area contributed by atoms with Gasteiger partial charge in [0, 0.05) is 10.9 Å². The van der Waals surface area contributed by atoms with Gasteiger partial charge in [0.1, 0.15) is 6.61 Å². The third-order valence-corrected chi connectivity index (χ3v) is 4.91. The molecular weight excluding hydrogens is 385 g/mol. The van der Waals surface area contributed by atoms with Crippen LogP contribution >= 0.6 is 11.3 Å². The number of aromatic nitrogens is 1. The molecule has 29 heavy (non-hydrogen) atoms. The first-order chi connectivity index (χ1) is 14.3. The monoisotopic (exact) mass is 403 g/mol. The lowest BCUT2D eigenvalue weighted by Crippen LogP contribution is -1.97. The van der Waals surface area contributed by atoms with E-state index < -0.39 is 0 Å². The van der Waals surface area contributed by atoms with Crippen molar-refractivity contribution >= 4 is 22.7 Å². The van der Waals surface area contributed by atoms with Gasteiger partial charge in [-0.15, -0.1) is 11.3 Å². The normalized spacial score (nSPS) is 10.9. The first kappa shape index (κ1) is 18.8. The Morgan fingerprint density at radius 2 is 1.72 bits per heavy atom. The van der Waals surface area contributed by atoms with Gasteiger partial charge in [0.05, 0.1) is 11.9 Å². The van der Waals surface area contributed by atoms with E-state index in [0.29, 0.717) is 6.61 Å². The SMILES string of the molecule is Fc1ccccc1OCc1ccc(C=NNc2nc(-c3ccccc3)cs2)cc1. The Balaban J connectivity index is 1.31. The number of para-hydroxylation sites is 1. The van der Waals surface area contributed by atoms with E-state index in [9.17, 15) is 4.39 Å². The molecule has 0 fully saturated rings. The zero-order valence-corrected chi connectivity index (χ0v) is 16.3. The second-order valence-electron chi connectivity index (χ2n) is 6.23. The highest BCUT2D eigenvalue weighted by Gasteiger charge is 2.03. The molecule has 0 saturated carbocycles. The van der Waals surface area contributed by atoms with Crippen LogP contribution in [0.2, 0.25) is 0 Å². The van der Waals surface area contributed by atoms with E-state index in [0.717, 1.165) is 27.5 Å². The molecule has 0 bridgehead atoms. The highest BCUT2D eigenvalue weighted by molar-refractivity contribution is 7.14. The fourth-order valence-electron chi connectivity index (χ4n) is 2.65. The molecule has 0 aliphatic carbocycles. The molecule has 0 aliphatic heterocycles. The molecule has 0 saturated heterocycles. The number of hydrazone groups is 1. The molecule has 0 spiro atoms. The molecule has 1 aromatic heterocycles. The molecule has 0 atom stereocenters. The molecule has 4 rings (SSSR count). The molecule has 0 unspecified atom stereocenters. The van der Waals surface area contributed by atoms with E-state index in [1.54, 1.807) is 24.4 Å². The van der Waals surface area contributed by atoms with Crippen LogP contribution in [0.1, 0.15) is 11.1 Å². The third kappa shape index (κ3) is 5.06. The highest BCUT2D eigenvalue weighted by Crippen LogP contribution is 2.24. The maximum absolute atomic E-state index is 13.6. The predicted molar refractivity (Wildman–Crippen MR) is 116 cm³/mol. The second kappa shape index (κ2) is 9.12. The maximum atomic E-state index is 13.6. The molecule has 144 valence electrons. The number of anilines is 1. The van der Waals surface area contributed by atoms with Crippen LogP contribution in [0.25, 0.3) is 11.3 Å². The minimum Gasteiger partial charge on any atom is -0.486 e. The summed E-state index contributed by atoms with van der Waals surface area (Å²) in [6.07, 6.45) is 1.73. The first-order valence-corrected chi connectivity index (χ1v) is 9.92. The van der Waals surface area contributed by atoms with Crippen LogP contribution in [0.4, 0.5) is 9.52 Å². The second-order valence-corrected chi connectivity index (χ2v) is 7.09. The van der Waals surface area contributed by atoms with Gasteiger partial charge in [0.15, 0.2) is 11.6 Å². The summed E-state index contributed by atoms with van der Waals surface area (Å²) in [5.41, 5.74) is 6.85. The van der Waals surface area contributed by atoms with E-state index in [-0.39, 0.29) is 11.6 Å². The van der Waals surface area contributed by atoms with Gasteiger partial charge in [0.2, 0.25) is 5.13 Å². The first-order valence-electron chi connectivity index (χ1n) is 9.04. The number of hydrogen-bond acceptors (Lipinski definition) is 5. The molecule has 6 heteroatoms. The number of rotatable bonds is 7. The van der Waals surface area contributed by atoms with Crippen LogP contribution in [0.15, 0.2) is 89.3 Å². The lowest BCUT2D eigenvalue weighted by Gasteiger charge is -2.07.